The Morgan fingerprint density at radius 2 is 2.38 bits per heavy atom. The molecule has 0 bridgehead atoms. The van der Waals surface area contributed by atoms with E-state index in [1.807, 2.05) is 13.8 Å². The molecule has 0 saturated heterocycles. The number of amides is 1. The van der Waals surface area contributed by atoms with Crippen LogP contribution in [-0.2, 0) is 4.79 Å². The van der Waals surface area contributed by atoms with Crippen LogP contribution in [-0.4, -0.2) is 17.0 Å². The number of nitrogens with zero attached hydrogens (tertiary/aromatic N) is 1. The molecule has 2 rings (SSSR count). The summed E-state index contributed by atoms with van der Waals surface area (Å²) in [5, 5.41) is 3.21. The summed E-state index contributed by atoms with van der Waals surface area (Å²) in [7, 11) is 0. The molecule has 16 heavy (non-hydrogen) atoms. The molecule has 1 aromatic rings. The lowest BCUT2D eigenvalue weighted by atomic mass is 10.0. The van der Waals surface area contributed by atoms with Gasteiger partial charge in [-0.3, -0.25) is 4.79 Å². The molecule has 1 amide bonds. The Bertz CT molecular complexity index is 420. The van der Waals surface area contributed by atoms with E-state index in [0.29, 0.717) is 28.9 Å². The fourth-order valence-electron chi connectivity index (χ4n) is 1.59. The number of nitrogens with one attached hydrogen (secondary N) is 1. The van der Waals surface area contributed by atoms with Gasteiger partial charge in [0.1, 0.15) is 0 Å². The van der Waals surface area contributed by atoms with Crippen LogP contribution in [0.5, 0.6) is 5.75 Å². The van der Waals surface area contributed by atoms with Crippen LogP contribution in [0.3, 0.4) is 0 Å². The zero-order valence-corrected chi connectivity index (χ0v) is 9.91. The van der Waals surface area contributed by atoms with Gasteiger partial charge in [-0.25, -0.2) is 4.98 Å². The second kappa shape index (κ2) is 4.29. The van der Waals surface area contributed by atoms with Crippen molar-refractivity contribution in [2.45, 2.75) is 26.4 Å². The molecule has 0 fully saturated rings. The van der Waals surface area contributed by atoms with E-state index in [-0.39, 0.29) is 5.91 Å². The molecule has 1 N–H and O–H groups in total. The predicted octanol–water partition coefficient (Wildman–Crippen LogP) is 2.48. The van der Waals surface area contributed by atoms with Gasteiger partial charge in [-0.1, -0.05) is 25.4 Å². The number of hydrogen-bond acceptors (Lipinski definition) is 3. The molecule has 5 heteroatoms. The number of pyridine rings is 1. The van der Waals surface area contributed by atoms with Crippen molar-refractivity contribution in [3.8, 4) is 5.75 Å². The highest BCUT2D eigenvalue weighted by Crippen LogP contribution is 2.31. The largest absolute Gasteiger partial charge is 0.477 e. The van der Waals surface area contributed by atoms with Gasteiger partial charge < -0.3 is 10.1 Å². The Hall–Kier alpha value is -1.29. The summed E-state index contributed by atoms with van der Waals surface area (Å²) in [5.41, 5.74) is 0. The molecule has 1 aliphatic rings. The topological polar surface area (TPSA) is 51.2 Å². The summed E-state index contributed by atoms with van der Waals surface area (Å²) >= 11 is 5.81. The van der Waals surface area contributed by atoms with Crippen LogP contribution in [0.4, 0.5) is 5.82 Å². The Morgan fingerprint density at radius 3 is 3.06 bits per heavy atom. The number of anilines is 1. The number of rotatable bonds is 2. The smallest absolute Gasteiger partial charge is 0.266 e. The van der Waals surface area contributed by atoms with Crippen LogP contribution in [0.25, 0.3) is 0 Å². The average molecular weight is 241 g/mol. The van der Waals surface area contributed by atoms with E-state index in [1.165, 1.54) is 6.20 Å². The average Bonchev–Trinajstić information content (AvgIpc) is 2.19. The molecule has 86 valence electrons. The second-order valence-electron chi connectivity index (χ2n) is 4.23. The van der Waals surface area contributed by atoms with Gasteiger partial charge in [-0.05, 0) is 12.3 Å². The molecule has 0 aliphatic carbocycles. The maximum atomic E-state index is 11.7. The highest BCUT2D eigenvalue weighted by Gasteiger charge is 2.28. The molecule has 4 nitrogen and oxygen atoms in total. The number of halogens is 1. The monoisotopic (exact) mass is 240 g/mol. The van der Waals surface area contributed by atoms with Gasteiger partial charge in [0.2, 0.25) is 0 Å². The first-order valence-corrected chi connectivity index (χ1v) is 5.57. The molecule has 0 spiro atoms. The first kappa shape index (κ1) is 11.2. The fourth-order valence-corrected chi connectivity index (χ4v) is 1.74. The van der Waals surface area contributed by atoms with Crippen LogP contribution >= 0.6 is 11.6 Å². The SMILES string of the molecule is CC(C)CC1Oc2cc(Cl)cnc2NC1=O. The third kappa shape index (κ3) is 2.27. The lowest BCUT2D eigenvalue weighted by Crippen LogP contribution is -2.38. The van der Waals surface area contributed by atoms with Crippen molar-refractivity contribution in [1.29, 1.82) is 0 Å². The van der Waals surface area contributed by atoms with E-state index >= 15 is 0 Å². The number of carbonyl (C=O) groups is 1. The van der Waals surface area contributed by atoms with Crippen LogP contribution < -0.4 is 10.1 Å². The molecule has 0 saturated carbocycles. The minimum absolute atomic E-state index is 0.143. The summed E-state index contributed by atoms with van der Waals surface area (Å²) in [6.07, 6.45) is 1.71. The Labute approximate surface area is 99.0 Å². The number of aromatic nitrogens is 1. The number of ether oxygens (including phenoxy) is 1. The Balaban J connectivity index is 2.22. The standard InChI is InChI=1S/C11H13ClN2O2/c1-6(2)3-9-11(15)14-10-8(16-9)4-7(12)5-13-10/h4-6,9H,3H2,1-2H3,(H,13,14,15). The van der Waals surface area contributed by atoms with Gasteiger partial charge in [0.15, 0.2) is 17.7 Å². The lowest BCUT2D eigenvalue weighted by molar-refractivity contribution is -0.124. The third-order valence-electron chi connectivity index (χ3n) is 2.31. The van der Waals surface area contributed by atoms with Gasteiger partial charge in [-0.15, -0.1) is 0 Å². The summed E-state index contributed by atoms with van der Waals surface area (Å²) in [4.78, 5) is 15.7. The molecular weight excluding hydrogens is 228 g/mol. The quantitative estimate of drug-likeness (QED) is 0.864. The highest BCUT2D eigenvalue weighted by atomic mass is 35.5. The molecule has 1 atom stereocenters. The first-order valence-electron chi connectivity index (χ1n) is 5.19. The zero-order valence-electron chi connectivity index (χ0n) is 9.16. The summed E-state index contributed by atoms with van der Waals surface area (Å²) in [6.45, 7) is 4.09. The van der Waals surface area contributed by atoms with Gasteiger partial charge in [0, 0.05) is 12.3 Å². The normalized spacial score (nSPS) is 19.0. The van der Waals surface area contributed by atoms with Crippen LogP contribution in [0.1, 0.15) is 20.3 Å². The van der Waals surface area contributed by atoms with Gasteiger partial charge in [0.25, 0.3) is 5.91 Å². The first-order chi connectivity index (χ1) is 7.56. The number of fused-ring (bicyclic) bond motifs is 1. The van der Waals surface area contributed by atoms with Crippen LogP contribution in [0.2, 0.25) is 5.02 Å². The van der Waals surface area contributed by atoms with E-state index in [1.54, 1.807) is 6.07 Å². The molecule has 1 unspecified atom stereocenters. The molecule has 1 aliphatic heterocycles. The van der Waals surface area contributed by atoms with Crippen molar-refractivity contribution in [3.05, 3.63) is 17.3 Å². The van der Waals surface area contributed by atoms with Gasteiger partial charge >= 0.3 is 0 Å². The number of hydrogen-bond donors (Lipinski definition) is 1. The minimum atomic E-state index is -0.451. The summed E-state index contributed by atoms with van der Waals surface area (Å²) in [5.74, 6) is 1.23. The molecule has 2 heterocycles. The minimum Gasteiger partial charge on any atom is -0.477 e. The maximum Gasteiger partial charge on any atom is 0.266 e. The van der Waals surface area contributed by atoms with Gasteiger partial charge in [-0.2, -0.15) is 0 Å². The van der Waals surface area contributed by atoms with Crippen molar-refractivity contribution < 1.29 is 9.53 Å². The third-order valence-corrected chi connectivity index (χ3v) is 2.51. The fraction of sp³-hybridized carbons (Fsp3) is 0.455. The molecule has 0 radical (unpaired) electrons. The van der Waals surface area contributed by atoms with E-state index in [0.717, 1.165) is 0 Å². The second-order valence-corrected chi connectivity index (χ2v) is 4.66. The van der Waals surface area contributed by atoms with Crippen molar-refractivity contribution in [1.82, 2.24) is 4.98 Å². The molecular formula is C11H13ClN2O2. The van der Waals surface area contributed by atoms with Crippen molar-refractivity contribution in [2.75, 3.05) is 5.32 Å². The zero-order chi connectivity index (χ0) is 11.7. The lowest BCUT2D eigenvalue weighted by Gasteiger charge is -2.26. The summed E-state index contributed by atoms with van der Waals surface area (Å²) in [6, 6.07) is 1.66. The summed E-state index contributed by atoms with van der Waals surface area (Å²) < 4.78 is 5.58. The van der Waals surface area contributed by atoms with Crippen molar-refractivity contribution in [2.24, 2.45) is 5.92 Å². The van der Waals surface area contributed by atoms with E-state index in [4.69, 9.17) is 16.3 Å². The Morgan fingerprint density at radius 1 is 1.62 bits per heavy atom. The highest BCUT2D eigenvalue weighted by molar-refractivity contribution is 6.30. The molecule has 0 aromatic carbocycles. The van der Waals surface area contributed by atoms with Gasteiger partial charge in [0.05, 0.1) is 5.02 Å². The van der Waals surface area contributed by atoms with Crippen molar-refractivity contribution in [3.63, 3.8) is 0 Å². The number of carbonyl (C=O) groups excluding carboxylic acids is 1. The molecule has 1 aromatic heterocycles. The predicted molar refractivity (Wildman–Crippen MR) is 61.7 cm³/mol. The van der Waals surface area contributed by atoms with E-state index in [2.05, 4.69) is 10.3 Å². The van der Waals surface area contributed by atoms with Crippen LogP contribution in [0, 0.1) is 5.92 Å². The van der Waals surface area contributed by atoms with E-state index in [9.17, 15) is 4.79 Å². The maximum absolute atomic E-state index is 11.7. The van der Waals surface area contributed by atoms with E-state index < -0.39 is 6.10 Å². The van der Waals surface area contributed by atoms with Crippen molar-refractivity contribution >= 4 is 23.3 Å². The van der Waals surface area contributed by atoms with Crippen LogP contribution in [0.15, 0.2) is 12.3 Å². The Kier molecular flexibility index (Phi) is 3.01.